The highest BCUT2D eigenvalue weighted by Crippen LogP contribution is 2.26. The molecule has 5 heteroatoms. The molecule has 0 spiro atoms. The molecule has 1 N–H and O–H groups in total. The average molecular weight is 351 g/mol. The van der Waals surface area contributed by atoms with Gasteiger partial charge in [0, 0.05) is 23.5 Å². The molecule has 0 bridgehead atoms. The summed E-state index contributed by atoms with van der Waals surface area (Å²) < 4.78 is 3.14. The van der Waals surface area contributed by atoms with Gasteiger partial charge in [0.1, 0.15) is 12.2 Å². The molecule has 1 atom stereocenters. The summed E-state index contributed by atoms with van der Waals surface area (Å²) in [6.45, 7) is 7.40. The summed E-state index contributed by atoms with van der Waals surface area (Å²) in [5, 5.41) is 7.74. The molecule has 0 amide bonds. The minimum Gasteiger partial charge on any atom is -0.313 e. The van der Waals surface area contributed by atoms with Gasteiger partial charge in [-0.3, -0.25) is 0 Å². The largest absolute Gasteiger partial charge is 0.313 e. The number of rotatable bonds is 6. The van der Waals surface area contributed by atoms with Crippen LogP contribution in [0.4, 0.5) is 0 Å². The molecule has 0 fully saturated rings. The number of likely N-dealkylation sites (N-methyl/N-ethyl adjacent to an activating group) is 1. The van der Waals surface area contributed by atoms with Crippen LogP contribution in [0.25, 0.3) is 0 Å². The molecule has 2 aromatic rings. The lowest BCUT2D eigenvalue weighted by atomic mass is 10.0. The van der Waals surface area contributed by atoms with Crippen molar-refractivity contribution in [2.75, 3.05) is 7.05 Å². The van der Waals surface area contributed by atoms with Crippen molar-refractivity contribution in [1.29, 1.82) is 0 Å². The molecular formula is C16H23BrN4. The minimum atomic E-state index is 0.217. The first-order valence-corrected chi connectivity index (χ1v) is 8.10. The summed E-state index contributed by atoms with van der Waals surface area (Å²) in [4.78, 5) is 4.43. The van der Waals surface area contributed by atoms with Crippen molar-refractivity contribution in [3.05, 3.63) is 46.0 Å². The van der Waals surface area contributed by atoms with Crippen molar-refractivity contribution in [3.8, 4) is 0 Å². The molecule has 0 aliphatic rings. The van der Waals surface area contributed by atoms with Crippen molar-refractivity contribution < 1.29 is 0 Å². The van der Waals surface area contributed by atoms with Crippen LogP contribution in [-0.2, 0) is 13.0 Å². The van der Waals surface area contributed by atoms with Crippen LogP contribution in [0.2, 0.25) is 0 Å². The maximum Gasteiger partial charge on any atom is 0.138 e. The summed E-state index contributed by atoms with van der Waals surface area (Å²) in [5.41, 5.74) is 2.52. The van der Waals surface area contributed by atoms with Gasteiger partial charge < -0.3 is 5.32 Å². The van der Waals surface area contributed by atoms with E-state index in [-0.39, 0.29) is 6.04 Å². The Morgan fingerprint density at radius 2 is 2.10 bits per heavy atom. The van der Waals surface area contributed by atoms with Gasteiger partial charge in [-0.15, -0.1) is 0 Å². The number of nitrogens with zero attached hydrogens (tertiary/aromatic N) is 3. The van der Waals surface area contributed by atoms with Crippen LogP contribution in [-0.4, -0.2) is 21.8 Å². The molecule has 1 aromatic carbocycles. The summed E-state index contributed by atoms with van der Waals surface area (Å²) in [7, 11) is 1.99. The predicted octanol–water partition coefficient (Wildman–Crippen LogP) is 3.51. The molecule has 21 heavy (non-hydrogen) atoms. The minimum absolute atomic E-state index is 0.217. The Morgan fingerprint density at radius 3 is 2.76 bits per heavy atom. The first-order valence-electron chi connectivity index (χ1n) is 7.31. The normalized spacial score (nSPS) is 12.9. The summed E-state index contributed by atoms with van der Waals surface area (Å²) in [6.07, 6.45) is 2.47. The van der Waals surface area contributed by atoms with Gasteiger partial charge in [0.15, 0.2) is 0 Å². The van der Waals surface area contributed by atoms with E-state index in [0.717, 1.165) is 23.3 Å². The Morgan fingerprint density at radius 1 is 1.33 bits per heavy atom. The third-order valence-corrected chi connectivity index (χ3v) is 4.22. The third-order valence-electron chi connectivity index (χ3n) is 3.50. The Hall–Kier alpha value is -1.20. The number of benzene rings is 1. The van der Waals surface area contributed by atoms with Gasteiger partial charge in [-0.05, 0) is 31.5 Å². The highest BCUT2D eigenvalue weighted by Gasteiger charge is 2.17. The van der Waals surface area contributed by atoms with Crippen LogP contribution in [0, 0.1) is 12.8 Å². The fourth-order valence-corrected chi connectivity index (χ4v) is 2.95. The summed E-state index contributed by atoms with van der Waals surface area (Å²) >= 11 is 3.65. The summed E-state index contributed by atoms with van der Waals surface area (Å²) in [6, 6.07) is 6.65. The van der Waals surface area contributed by atoms with E-state index < -0.39 is 0 Å². The second-order valence-electron chi connectivity index (χ2n) is 5.82. The van der Waals surface area contributed by atoms with E-state index in [1.807, 2.05) is 11.7 Å². The lowest BCUT2D eigenvalue weighted by molar-refractivity contribution is 0.451. The van der Waals surface area contributed by atoms with Gasteiger partial charge in [-0.1, -0.05) is 47.5 Å². The van der Waals surface area contributed by atoms with Crippen molar-refractivity contribution >= 4 is 15.9 Å². The zero-order valence-electron chi connectivity index (χ0n) is 13.1. The SMILES string of the molecule is CNC(Cc1ncnn1CC(C)C)c1cc(C)ccc1Br. The van der Waals surface area contributed by atoms with Crippen molar-refractivity contribution in [2.45, 2.75) is 39.8 Å². The van der Waals surface area contributed by atoms with Crippen molar-refractivity contribution in [1.82, 2.24) is 20.1 Å². The van der Waals surface area contributed by atoms with Crippen LogP contribution in [0.3, 0.4) is 0 Å². The topological polar surface area (TPSA) is 42.7 Å². The second kappa shape index (κ2) is 7.18. The number of aromatic nitrogens is 3. The Labute approximate surface area is 135 Å². The van der Waals surface area contributed by atoms with E-state index >= 15 is 0 Å². The van der Waals surface area contributed by atoms with E-state index in [1.165, 1.54) is 11.1 Å². The standard InChI is InChI=1S/C16H23BrN4/c1-11(2)9-21-16(19-10-20-21)8-15(18-4)13-7-12(3)5-6-14(13)17/h5-7,10-11,15,18H,8-9H2,1-4H3. The third kappa shape index (κ3) is 4.14. The second-order valence-corrected chi connectivity index (χ2v) is 6.68. The Balaban J connectivity index is 2.23. The maximum atomic E-state index is 4.43. The average Bonchev–Trinajstić information content (AvgIpc) is 2.85. The van der Waals surface area contributed by atoms with E-state index in [2.05, 4.69) is 70.3 Å². The Kier molecular flexibility index (Phi) is 5.53. The molecule has 1 aromatic heterocycles. The number of hydrogen-bond acceptors (Lipinski definition) is 3. The van der Waals surface area contributed by atoms with Crippen molar-refractivity contribution in [3.63, 3.8) is 0 Å². The lowest BCUT2D eigenvalue weighted by Gasteiger charge is -2.19. The first-order chi connectivity index (χ1) is 10.0. The Bertz CT molecular complexity index is 592. The molecule has 0 aliphatic carbocycles. The first kappa shape index (κ1) is 16.2. The van der Waals surface area contributed by atoms with Gasteiger partial charge in [-0.25, -0.2) is 9.67 Å². The van der Waals surface area contributed by atoms with Crippen LogP contribution in [0.1, 0.15) is 36.8 Å². The number of nitrogens with one attached hydrogen (secondary N) is 1. The predicted molar refractivity (Wildman–Crippen MR) is 89.2 cm³/mol. The molecule has 0 saturated heterocycles. The molecule has 1 unspecified atom stereocenters. The van der Waals surface area contributed by atoms with Gasteiger partial charge >= 0.3 is 0 Å². The van der Waals surface area contributed by atoms with E-state index in [0.29, 0.717) is 5.92 Å². The molecular weight excluding hydrogens is 328 g/mol. The van der Waals surface area contributed by atoms with Gasteiger partial charge in [0.25, 0.3) is 0 Å². The summed E-state index contributed by atoms with van der Waals surface area (Å²) in [5.74, 6) is 1.58. The smallest absolute Gasteiger partial charge is 0.138 e. The van der Waals surface area contributed by atoms with Gasteiger partial charge in [0.05, 0.1) is 0 Å². The van der Waals surface area contributed by atoms with Gasteiger partial charge in [-0.2, -0.15) is 5.10 Å². The zero-order valence-corrected chi connectivity index (χ0v) is 14.7. The molecule has 4 nitrogen and oxygen atoms in total. The quantitative estimate of drug-likeness (QED) is 0.866. The van der Waals surface area contributed by atoms with Crippen LogP contribution in [0.15, 0.2) is 29.0 Å². The molecule has 1 heterocycles. The molecule has 0 radical (unpaired) electrons. The molecule has 2 rings (SSSR count). The maximum absolute atomic E-state index is 4.43. The van der Waals surface area contributed by atoms with Crippen LogP contribution < -0.4 is 5.32 Å². The number of aryl methyl sites for hydroxylation is 1. The fourth-order valence-electron chi connectivity index (χ4n) is 2.42. The monoisotopic (exact) mass is 350 g/mol. The molecule has 0 saturated carbocycles. The highest BCUT2D eigenvalue weighted by atomic mass is 79.9. The molecule has 0 aliphatic heterocycles. The van der Waals surface area contributed by atoms with Crippen LogP contribution >= 0.6 is 15.9 Å². The molecule has 114 valence electrons. The van der Waals surface area contributed by atoms with E-state index in [1.54, 1.807) is 6.33 Å². The number of hydrogen-bond donors (Lipinski definition) is 1. The van der Waals surface area contributed by atoms with Gasteiger partial charge in [0.2, 0.25) is 0 Å². The van der Waals surface area contributed by atoms with Crippen molar-refractivity contribution in [2.24, 2.45) is 5.92 Å². The van der Waals surface area contributed by atoms with E-state index in [9.17, 15) is 0 Å². The fraction of sp³-hybridized carbons (Fsp3) is 0.500. The van der Waals surface area contributed by atoms with E-state index in [4.69, 9.17) is 0 Å². The zero-order chi connectivity index (χ0) is 15.4. The van der Waals surface area contributed by atoms with Crippen LogP contribution in [0.5, 0.6) is 0 Å². The number of halogens is 1. The highest BCUT2D eigenvalue weighted by molar-refractivity contribution is 9.10. The lowest BCUT2D eigenvalue weighted by Crippen LogP contribution is -2.22.